The van der Waals surface area contributed by atoms with Gasteiger partial charge >= 0.3 is 0 Å². The van der Waals surface area contributed by atoms with Crippen molar-refractivity contribution in [3.05, 3.63) is 41.5 Å². The fraction of sp³-hybridized carbons (Fsp3) is 0.579. The van der Waals surface area contributed by atoms with Crippen molar-refractivity contribution in [3.63, 3.8) is 0 Å². The minimum absolute atomic E-state index is 0.208. The van der Waals surface area contributed by atoms with Crippen LogP contribution in [0, 0.1) is 0 Å². The van der Waals surface area contributed by atoms with E-state index in [0.717, 1.165) is 0 Å². The van der Waals surface area contributed by atoms with Crippen LogP contribution < -0.4 is 0 Å². The number of nitrogens with zero attached hydrogens (tertiary/aromatic N) is 2. The lowest BCUT2D eigenvalue weighted by Gasteiger charge is -2.32. The molecule has 0 N–H and O–H groups in total. The number of allylic oxidation sites excluding steroid dienone is 2. The van der Waals surface area contributed by atoms with E-state index in [-0.39, 0.29) is 5.41 Å². The Bertz CT molecular complexity index is 522. The number of hydrogen-bond donors (Lipinski definition) is 0. The van der Waals surface area contributed by atoms with Crippen LogP contribution in [0.5, 0.6) is 0 Å². The van der Waals surface area contributed by atoms with E-state index in [1.54, 1.807) is 5.57 Å². The Morgan fingerprint density at radius 2 is 1.76 bits per heavy atom. The second kappa shape index (κ2) is 5.94. The first-order chi connectivity index (χ1) is 10.1. The van der Waals surface area contributed by atoms with E-state index in [4.69, 9.17) is 0 Å². The zero-order valence-corrected chi connectivity index (χ0v) is 13.7. The summed E-state index contributed by atoms with van der Waals surface area (Å²) < 4.78 is 0. The van der Waals surface area contributed by atoms with E-state index >= 15 is 0 Å². The van der Waals surface area contributed by atoms with Crippen LogP contribution in [0.2, 0.25) is 0 Å². The van der Waals surface area contributed by atoms with Crippen molar-refractivity contribution >= 4 is 5.57 Å². The van der Waals surface area contributed by atoms with E-state index in [2.05, 4.69) is 61.0 Å². The standard InChI is InChI=1S/C19H28N2/c1-19(2)15-16(17-8-4-5-9-18(17)19)7-6-10-21-13-11-20(3)12-14-21/h4-5,8-9,15H,6-7,10-14H2,1-3H3. The van der Waals surface area contributed by atoms with Crippen molar-refractivity contribution in [2.75, 3.05) is 39.8 Å². The van der Waals surface area contributed by atoms with E-state index in [9.17, 15) is 0 Å². The van der Waals surface area contributed by atoms with Crippen molar-refractivity contribution in [1.82, 2.24) is 9.80 Å². The minimum Gasteiger partial charge on any atom is -0.304 e. The number of piperazine rings is 1. The number of hydrogen-bond acceptors (Lipinski definition) is 2. The molecule has 1 fully saturated rings. The third-order valence-electron chi connectivity index (χ3n) is 5.02. The zero-order chi connectivity index (χ0) is 14.9. The van der Waals surface area contributed by atoms with Gasteiger partial charge in [-0.3, -0.25) is 0 Å². The van der Waals surface area contributed by atoms with Gasteiger partial charge in [0.1, 0.15) is 0 Å². The van der Waals surface area contributed by atoms with Crippen molar-refractivity contribution in [2.45, 2.75) is 32.1 Å². The van der Waals surface area contributed by atoms with Crippen LogP contribution in [-0.2, 0) is 5.41 Å². The van der Waals surface area contributed by atoms with Gasteiger partial charge in [-0.05, 0) is 43.1 Å². The Balaban J connectivity index is 1.57. The van der Waals surface area contributed by atoms with E-state index in [1.807, 2.05) is 0 Å². The highest BCUT2D eigenvalue weighted by molar-refractivity contribution is 5.76. The van der Waals surface area contributed by atoms with E-state index < -0.39 is 0 Å². The van der Waals surface area contributed by atoms with Gasteiger partial charge in [-0.25, -0.2) is 0 Å². The van der Waals surface area contributed by atoms with Crippen molar-refractivity contribution in [3.8, 4) is 0 Å². The SMILES string of the molecule is CN1CCN(CCCC2=CC(C)(C)c3ccccc32)CC1. The number of rotatable bonds is 4. The van der Waals surface area contributed by atoms with Gasteiger partial charge in [-0.1, -0.05) is 44.2 Å². The molecule has 1 heterocycles. The molecule has 3 rings (SSSR count). The first kappa shape index (κ1) is 14.8. The second-order valence-electron chi connectivity index (χ2n) is 7.19. The molecule has 0 saturated carbocycles. The Morgan fingerprint density at radius 1 is 1.05 bits per heavy atom. The minimum atomic E-state index is 0.208. The van der Waals surface area contributed by atoms with Crippen LogP contribution in [-0.4, -0.2) is 49.6 Å². The van der Waals surface area contributed by atoms with Crippen LogP contribution in [0.1, 0.15) is 37.8 Å². The quantitative estimate of drug-likeness (QED) is 0.836. The fourth-order valence-corrected chi connectivity index (χ4v) is 3.69. The lowest BCUT2D eigenvalue weighted by atomic mass is 9.87. The average molecular weight is 284 g/mol. The molecule has 0 spiro atoms. The van der Waals surface area contributed by atoms with E-state index in [1.165, 1.54) is 56.7 Å². The summed E-state index contributed by atoms with van der Waals surface area (Å²) in [5.74, 6) is 0. The van der Waals surface area contributed by atoms with Gasteiger partial charge in [0.2, 0.25) is 0 Å². The van der Waals surface area contributed by atoms with Gasteiger partial charge in [0, 0.05) is 31.6 Å². The molecule has 2 aliphatic rings. The highest BCUT2D eigenvalue weighted by Gasteiger charge is 2.28. The van der Waals surface area contributed by atoms with Crippen LogP contribution in [0.15, 0.2) is 30.3 Å². The number of benzene rings is 1. The van der Waals surface area contributed by atoms with Gasteiger partial charge < -0.3 is 9.80 Å². The highest BCUT2D eigenvalue weighted by atomic mass is 15.2. The zero-order valence-electron chi connectivity index (χ0n) is 13.7. The Hall–Kier alpha value is -1.12. The van der Waals surface area contributed by atoms with Gasteiger partial charge in [0.05, 0.1) is 0 Å². The molecule has 0 unspecified atom stereocenters. The molecule has 0 radical (unpaired) electrons. The smallest absolute Gasteiger partial charge is 0.0110 e. The third kappa shape index (κ3) is 3.22. The lowest BCUT2D eigenvalue weighted by Crippen LogP contribution is -2.44. The number of likely N-dealkylation sites (N-methyl/N-ethyl adjacent to an activating group) is 1. The topological polar surface area (TPSA) is 6.48 Å². The van der Waals surface area contributed by atoms with Crippen LogP contribution in [0.4, 0.5) is 0 Å². The highest BCUT2D eigenvalue weighted by Crippen LogP contribution is 2.41. The maximum absolute atomic E-state index is 2.62. The van der Waals surface area contributed by atoms with Crippen LogP contribution in [0.25, 0.3) is 5.57 Å². The second-order valence-corrected chi connectivity index (χ2v) is 7.19. The fourth-order valence-electron chi connectivity index (χ4n) is 3.69. The summed E-state index contributed by atoms with van der Waals surface area (Å²) in [4.78, 5) is 5.04. The van der Waals surface area contributed by atoms with E-state index in [0.29, 0.717) is 0 Å². The maximum atomic E-state index is 2.62. The van der Waals surface area contributed by atoms with Gasteiger partial charge in [0.15, 0.2) is 0 Å². The molecule has 1 aliphatic heterocycles. The molecular weight excluding hydrogens is 256 g/mol. The first-order valence-electron chi connectivity index (χ1n) is 8.29. The molecule has 114 valence electrons. The Kier molecular flexibility index (Phi) is 4.19. The van der Waals surface area contributed by atoms with Gasteiger partial charge in [-0.2, -0.15) is 0 Å². The summed E-state index contributed by atoms with van der Waals surface area (Å²) in [7, 11) is 2.22. The lowest BCUT2D eigenvalue weighted by molar-refractivity contribution is 0.153. The summed E-state index contributed by atoms with van der Waals surface area (Å²) in [6.45, 7) is 10.8. The van der Waals surface area contributed by atoms with Gasteiger partial charge in [0.25, 0.3) is 0 Å². The summed E-state index contributed by atoms with van der Waals surface area (Å²) in [5, 5.41) is 0. The Labute approximate surface area is 129 Å². The average Bonchev–Trinajstić information content (AvgIpc) is 2.73. The molecule has 1 aromatic rings. The third-order valence-corrected chi connectivity index (χ3v) is 5.02. The molecule has 1 aliphatic carbocycles. The van der Waals surface area contributed by atoms with Crippen LogP contribution in [0.3, 0.4) is 0 Å². The summed E-state index contributed by atoms with van der Waals surface area (Å²) in [6.07, 6.45) is 4.98. The molecule has 21 heavy (non-hydrogen) atoms. The predicted molar refractivity (Wildman–Crippen MR) is 90.6 cm³/mol. The molecule has 1 aromatic carbocycles. The molecule has 1 saturated heterocycles. The summed E-state index contributed by atoms with van der Waals surface area (Å²) in [6, 6.07) is 8.93. The van der Waals surface area contributed by atoms with Gasteiger partial charge in [-0.15, -0.1) is 0 Å². The van der Waals surface area contributed by atoms with Crippen LogP contribution >= 0.6 is 0 Å². The monoisotopic (exact) mass is 284 g/mol. The summed E-state index contributed by atoms with van der Waals surface area (Å²) in [5.41, 5.74) is 4.75. The Morgan fingerprint density at radius 3 is 2.52 bits per heavy atom. The number of fused-ring (bicyclic) bond motifs is 1. The van der Waals surface area contributed by atoms with Crippen molar-refractivity contribution in [1.29, 1.82) is 0 Å². The van der Waals surface area contributed by atoms with Crippen molar-refractivity contribution < 1.29 is 0 Å². The molecule has 0 amide bonds. The largest absolute Gasteiger partial charge is 0.304 e. The predicted octanol–water partition coefficient (Wildman–Crippen LogP) is 3.39. The normalized spacial score (nSPS) is 22.1. The molecule has 0 atom stereocenters. The summed E-state index contributed by atoms with van der Waals surface area (Å²) >= 11 is 0. The molecule has 0 bridgehead atoms. The van der Waals surface area contributed by atoms with Crippen molar-refractivity contribution in [2.24, 2.45) is 0 Å². The first-order valence-corrected chi connectivity index (χ1v) is 8.29. The molecule has 2 heteroatoms. The molecule has 0 aromatic heterocycles. The molecular formula is C19H28N2. The molecule has 2 nitrogen and oxygen atoms in total. The maximum Gasteiger partial charge on any atom is 0.0110 e.